The van der Waals surface area contributed by atoms with E-state index in [2.05, 4.69) is 21.2 Å². The van der Waals surface area contributed by atoms with Crippen LogP contribution in [0.1, 0.15) is 10.4 Å². The number of aryl methyl sites for hydroxylation is 2. The van der Waals surface area contributed by atoms with Crippen molar-refractivity contribution in [2.75, 3.05) is 70.8 Å². The van der Waals surface area contributed by atoms with E-state index >= 15 is 0 Å². The smallest absolute Gasteiger partial charge is 0.394 e. The highest BCUT2D eigenvalue weighted by atomic mass is 32.1. The van der Waals surface area contributed by atoms with Crippen molar-refractivity contribution in [3.05, 3.63) is 34.8 Å². The summed E-state index contributed by atoms with van der Waals surface area (Å²) in [5.74, 6) is 0. The van der Waals surface area contributed by atoms with Crippen molar-refractivity contribution in [3.63, 3.8) is 0 Å². The van der Waals surface area contributed by atoms with E-state index in [0.29, 0.717) is 52.7 Å². The zero-order valence-corrected chi connectivity index (χ0v) is 20.0. The molecule has 0 saturated heterocycles. The van der Waals surface area contributed by atoms with E-state index in [1.807, 2.05) is 43.8 Å². The van der Waals surface area contributed by atoms with Crippen LogP contribution in [0.5, 0.6) is 0 Å². The molecule has 0 amide bonds. The molecule has 0 saturated carbocycles. The average Bonchev–Trinajstić information content (AvgIpc) is 3.11. The topological polar surface area (TPSA) is 100.0 Å². The number of nitrogens with zero attached hydrogens (tertiary/aromatic N) is 4. The maximum Gasteiger partial charge on any atom is 0.408 e. The molecule has 1 aromatic heterocycles. The summed E-state index contributed by atoms with van der Waals surface area (Å²) in [5.41, 5.74) is 2.88. The van der Waals surface area contributed by atoms with Gasteiger partial charge >= 0.3 is 5.13 Å². The predicted octanol–water partition coefficient (Wildman–Crippen LogP) is 2.45. The number of benzene rings is 1. The Hall–Kier alpha value is -1.95. The molecule has 9 nitrogen and oxygen atoms in total. The van der Waals surface area contributed by atoms with Gasteiger partial charge in [-0.05, 0) is 42.4 Å². The minimum atomic E-state index is 0.00543. The van der Waals surface area contributed by atoms with Crippen LogP contribution in [-0.2, 0) is 21.3 Å². The first-order chi connectivity index (χ1) is 15.6. The molecular weight excluding hydrogens is 432 g/mol. The number of anilines is 1. The number of ether oxygens (including phenoxy) is 3. The lowest BCUT2D eigenvalue weighted by atomic mass is 10.1. The summed E-state index contributed by atoms with van der Waals surface area (Å²) < 4.78 is 18.3. The monoisotopic (exact) mass is 467 g/mol. The number of azo groups is 1. The van der Waals surface area contributed by atoms with Crippen molar-refractivity contribution in [3.8, 4) is 0 Å². The molecule has 178 valence electrons. The molecule has 2 rings (SSSR count). The maximum atomic E-state index is 8.96. The van der Waals surface area contributed by atoms with Crippen LogP contribution < -0.4 is 9.47 Å². The van der Waals surface area contributed by atoms with Crippen LogP contribution in [0.4, 0.5) is 16.5 Å². The Kier molecular flexibility index (Phi) is 12.3. The Bertz CT molecular complexity index is 831. The van der Waals surface area contributed by atoms with Crippen molar-refractivity contribution >= 4 is 27.8 Å². The molecule has 10 heteroatoms. The van der Waals surface area contributed by atoms with Gasteiger partial charge in [-0.25, -0.2) is 4.57 Å². The van der Waals surface area contributed by atoms with Crippen LogP contribution in [-0.4, -0.2) is 76.2 Å². The zero-order chi connectivity index (χ0) is 23.2. The summed E-state index contributed by atoms with van der Waals surface area (Å²) in [5, 5.41) is 27.5. The van der Waals surface area contributed by atoms with Crippen LogP contribution in [0, 0.1) is 13.8 Å². The minimum Gasteiger partial charge on any atom is -0.394 e. The van der Waals surface area contributed by atoms with Gasteiger partial charge in [0.05, 0.1) is 65.0 Å². The molecule has 2 N–H and O–H groups in total. The summed E-state index contributed by atoms with van der Waals surface area (Å²) in [6.07, 6.45) is 2.03. The third-order valence-electron chi connectivity index (χ3n) is 4.64. The number of rotatable bonds is 16. The van der Waals surface area contributed by atoms with Crippen LogP contribution in [0.25, 0.3) is 0 Å². The second-order valence-corrected chi connectivity index (χ2v) is 8.34. The van der Waals surface area contributed by atoms with Crippen LogP contribution in [0.2, 0.25) is 0 Å². The van der Waals surface area contributed by atoms with Crippen molar-refractivity contribution in [1.82, 2.24) is 0 Å². The SMILES string of the molecule is Cc1c[n+](C)c(/N=N/c2cccc(N(CCOCCO)CCOCCOCCO)c2C)s1. The fourth-order valence-electron chi connectivity index (χ4n) is 3.08. The molecule has 0 unspecified atom stereocenters. The van der Waals surface area contributed by atoms with Gasteiger partial charge in [-0.3, -0.25) is 0 Å². The van der Waals surface area contributed by atoms with Gasteiger partial charge in [0.1, 0.15) is 11.9 Å². The third-order valence-corrected chi connectivity index (χ3v) is 5.62. The van der Waals surface area contributed by atoms with Crippen molar-refractivity contribution in [1.29, 1.82) is 0 Å². The highest BCUT2D eigenvalue weighted by Gasteiger charge is 2.15. The van der Waals surface area contributed by atoms with Gasteiger partial charge in [-0.15, -0.1) is 0 Å². The van der Waals surface area contributed by atoms with Crippen LogP contribution >= 0.6 is 11.3 Å². The lowest BCUT2D eigenvalue weighted by molar-refractivity contribution is -0.654. The second kappa shape index (κ2) is 15.0. The van der Waals surface area contributed by atoms with Gasteiger partial charge < -0.3 is 29.3 Å². The summed E-state index contributed by atoms with van der Waals surface area (Å²) in [7, 11) is 1.96. The number of aliphatic hydroxyl groups is 2. The number of aromatic nitrogens is 1. The summed E-state index contributed by atoms with van der Waals surface area (Å²) in [6, 6.07) is 5.99. The van der Waals surface area contributed by atoms with E-state index in [1.54, 1.807) is 11.3 Å². The summed E-state index contributed by atoms with van der Waals surface area (Å²) >= 11 is 1.60. The van der Waals surface area contributed by atoms with Gasteiger partial charge in [-0.1, -0.05) is 6.07 Å². The van der Waals surface area contributed by atoms with Crippen LogP contribution in [0.15, 0.2) is 34.6 Å². The van der Waals surface area contributed by atoms with Gasteiger partial charge in [-0.2, -0.15) is 0 Å². The molecule has 0 aliphatic rings. The quantitative estimate of drug-likeness (QED) is 0.223. The summed E-state index contributed by atoms with van der Waals surface area (Å²) in [6.45, 7) is 8.01. The zero-order valence-electron chi connectivity index (χ0n) is 19.2. The highest BCUT2D eigenvalue weighted by molar-refractivity contribution is 7.14. The number of hydrogen-bond acceptors (Lipinski definition) is 9. The lowest BCUT2D eigenvalue weighted by Crippen LogP contribution is -2.32. The molecule has 1 aromatic carbocycles. The molecule has 0 fully saturated rings. The minimum absolute atomic E-state index is 0.00543. The fraction of sp³-hybridized carbons (Fsp3) is 0.591. The van der Waals surface area contributed by atoms with Crippen LogP contribution in [0.3, 0.4) is 0 Å². The van der Waals surface area contributed by atoms with Gasteiger partial charge in [0.25, 0.3) is 0 Å². The molecule has 0 bridgehead atoms. The number of hydrogen-bond donors (Lipinski definition) is 2. The molecule has 2 aromatic rings. The average molecular weight is 468 g/mol. The van der Waals surface area contributed by atoms with E-state index in [1.165, 1.54) is 4.88 Å². The third kappa shape index (κ3) is 8.89. The van der Waals surface area contributed by atoms with Gasteiger partial charge in [0.2, 0.25) is 0 Å². The number of thiazole rings is 1. The molecule has 1 heterocycles. The molecule has 0 aliphatic carbocycles. The Morgan fingerprint density at radius 3 is 2.12 bits per heavy atom. The van der Waals surface area contributed by atoms with E-state index in [-0.39, 0.29) is 13.2 Å². The Morgan fingerprint density at radius 1 is 0.906 bits per heavy atom. The largest absolute Gasteiger partial charge is 0.408 e. The normalized spacial score (nSPS) is 11.5. The van der Waals surface area contributed by atoms with Gasteiger partial charge in [0.15, 0.2) is 0 Å². The lowest BCUT2D eigenvalue weighted by Gasteiger charge is -2.26. The predicted molar refractivity (Wildman–Crippen MR) is 124 cm³/mol. The van der Waals surface area contributed by atoms with E-state index < -0.39 is 0 Å². The second-order valence-electron chi connectivity index (χ2n) is 7.13. The molecule has 0 spiro atoms. The maximum absolute atomic E-state index is 8.96. The van der Waals surface area contributed by atoms with Gasteiger partial charge in [0, 0.05) is 29.2 Å². The Labute approximate surface area is 193 Å². The molecule has 0 radical (unpaired) electrons. The molecule has 32 heavy (non-hydrogen) atoms. The Morgan fingerprint density at radius 2 is 1.53 bits per heavy atom. The molecular formula is C22H35N4O5S+. The fourth-order valence-corrected chi connectivity index (χ4v) is 3.85. The first-order valence-corrected chi connectivity index (χ1v) is 11.6. The number of aliphatic hydroxyl groups excluding tert-OH is 2. The Balaban J connectivity index is 2.06. The standard InChI is InChI=1S/C22H35N4O5S/c1-18-17-25(3)22(32-18)24-23-20-5-4-6-21(19(20)2)26(7-11-29-13-9-27)8-12-30-15-16-31-14-10-28/h4-6,17,27-28H,7-16H2,1-3H3/q+1. The van der Waals surface area contributed by atoms with E-state index in [9.17, 15) is 0 Å². The molecule has 0 atom stereocenters. The summed E-state index contributed by atoms with van der Waals surface area (Å²) in [4.78, 5) is 3.37. The van der Waals surface area contributed by atoms with E-state index in [4.69, 9.17) is 24.4 Å². The van der Waals surface area contributed by atoms with Crippen molar-refractivity contribution in [2.45, 2.75) is 13.8 Å². The first-order valence-electron chi connectivity index (χ1n) is 10.7. The van der Waals surface area contributed by atoms with E-state index in [0.717, 1.165) is 22.1 Å². The molecule has 0 aliphatic heterocycles. The first kappa shape index (κ1) is 26.3. The van der Waals surface area contributed by atoms with Crippen molar-refractivity contribution < 1.29 is 29.0 Å². The van der Waals surface area contributed by atoms with Crippen molar-refractivity contribution in [2.24, 2.45) is 17.3 Å². The highest BCUT2D eigenvalue weighted by Crippen LogP contribution is 2.30.